The molecule has 1 aliphatic rings. The van der Waals surface area contributed by atoms with Crippen molar-refractivity contribution in [3.63, 3.8) is 0 Å². The van der Waals surface area contributed by atoms with Crippen molar-refractivity contribution in [1.29, 1.82) is 5.26 Å². The predicted molar refractivity (Wildman–Crippen MR) is 75.2 cm³/mol. The number of ether oxygens (including phenoxy) is 1. The van der Waals surface area contributed by atoms with Crippen molar-refractivity contribution < 1.29 is 17.9 Å². The molecule has 0 radical (unpaired) electrons. The van der Waals surface area contributed by atoms with Gasteiger partial charge in [-0.2, -0.15) is 18.4 Å². The third-order valence-electron chi connectivity index (χ3n) is 3.88. The fraction of sp³-hybridized carbons (Fsp3) is 0.600. The zero-order valence-electron chi connectivity index (χ0n) is 12.3. The van der Waals surface area contributed by atoms with Crippen molar-refractivity contribution in [1.82, 2.24) is 4.98 Å². The summed E-state index contributed by atoms with van der Waals surface area (Å²) in [7, 11) is 1.59. The molecule has 0 aromatic carbocycles. The van der Waals surface area contributed by atoms with Gasteiger partial charge >= 0.3 is 6.18 Å². The van der Waals surface area contributed by atoms with Crippen LogP contribution >= 0.6 is 0 Å². The zero-order valence-corrected chi connectivity index (χ0v) is 12.3. The Kier molecular flexibility index (Phi) is 5.24. The van der Waals surface area contributed by atoms with Crippen LogP contribution in [0.4, 0.5) is 19.0 Å². The molecule has 1 fully saturated rings. The summed E-state index contributed by atoms with van der Waals surface area (Å²) in [6, 6.07) is 3.71. The van der Waals surface area contributed by atoms with E-state index < -0.39 is 11.9 Å². The van der Waals surface area contributed by atoms with E-state index in [-0.39, 0.29) is 23.5 Å². The largest absolute Gasteiger partial charge is 0.433 e. The molecular weight excluding hydrogens is 295 g/mol. The fourth-order valence-corrected chi connectivity index (χ4v) is 2.71. The fourth-order valence-electron chi connectivity index (χ4n) is 2.71. The molecule has 0 saturated heterocycles. The number of nitriles is 1. The normalized spacial score (nSPS) is 22.7. The average Bonchev–Trinajstić information content (AvgIpc) is 2.71. The lowest BCUT2D eigenvalue weighted by Gasteiger charge is -2.26. The molecule has 4 nitrogen and oxygen atoms in total. The van der Waals surface area contributed by atoms with Crippen LogP contribution in [0.1, 0.15) is 43.4 Å². The Morgan fingerprint density at radius 3 is 2.64 bits per heavy atom. The van der Waals surface area contributed by atoms with E-state index in [0.29, 0.717) is 0 Å². The van der Waals surface area contributed by atoms with Gasteiger partial charge in [0.1, 0.15) is 17.6 Å². The minimum absolute atomic E-state index is 0.0220. The van der Waals surface area contributed by atoms with E-state index in [1.54, 1.807) is 7.11 Å². The second kappa shape index (κ2) is 6.97. The molecule has 0 unspecified atom stereocenters. The van der Waals surface area contributed by atoms with Gasteiger partial charge in [0.25, 0.3) is 0 Å². The van der Waals surface area contributed by atoms with Crippen LogP contribution in [0.2, 0.25) is 0 Å². The molecule has 0 bridgehead atoms. The van der Waals surface area contributed by atoms with Crippen molar-refractivity contribution in [2.75, 3.05) is 12.4 Å². The maximum Gasteiger partial charge on any atom is 0.433 e. The Hall–Kier alpha value is -1.81. The van der Waals surface area contributed by atoms with Crippen LogP contribution < -0.4 is 5.32 Å². The smallest absolute Gasteiger partial charge is 0.379 e. The first-order chi connectivity index (χ1) is 10.5. The lowest BCUT2D eigenvalue weighted by Crippen LogP contribution is -2.34. The minimum Gasteiger partial charge on any atom is -0.379 e. The number of aromatic nitrogens is 1. The number of nitrogens with one attached hydrogen (secondary N) is 1. The van der Waals surface area contributed by atoms with Crippen LogP contribution in [-0.2, 0) is 10.9 Å². The Morgan fingerprint density at radius 1 is 1.27 bits per heavy atom. The van der Waals surface area contributed by atoms with Gasteiger partial charge < -0.3 is 10.1 Å². The van der Waals surface area contributed by atoms with Crippen LogP contribution in [-0.4, -0.2) is 24.2 Å². The lowest BCUT2D eigenvalue weighted by atomic mass is 10.1. The summed E-state index contributed by atoms with van der Waals surface area (Å²) < 4.78 is 43.8. The van der Waals surface area contributed by atoms with Crippen LogP contribution in [0.25, 0.3) is 0 Å². The van der Waals surface area contributed by atoms with Crippen molar-refractivity contribution >= 4 is 5.82 Å². The second-order valence-electron chi connectivity index (χ2n) is 5.37. The van der Waals surface area contributed by atoms with E-state index in [9.17, 15) is 13.2 Å². The summed E-state index contributed by atoms with van der Waals surface area (Å²) in [6.07, 6.45) is 0.0607. The van der Waals surface area contributed by atoms with Crippen molar-refractivity contribution in [3.05, 3.63) is 23.4 Å². The monoisotopic (exact) mass is 313 g/mol. The molecule has 7 heteroatoms. The number of methoxy groups -OCH3 is 1. The highest BCUT2D eigenvalue weighted by molar-refractivity contribution is 5.53. The van der Waals surface area contributed by atoms with Crippen LogP contribution in [0.5, 0.6) is 0 Å². The molecule has 1 aromatic heterocycles. The van der Waals surface area contributed by atoms with E-state index in [1.165, 1.54) is 0 Å². The number of hydrogen-bond donors (Lipinski definition) is 1. The number of rotatable bonds is 3. The van der Waals surface area contributed by atoms with Gasteiger partial charge in [-0.3, -0.25) is 0 Å². The minimum atomic E-state index is -4.53. The number of hydrogen-bond acceptors (Lipinski definition) is 4. The zero-order chi connectivity index (χ0) is 16.2. The molecule has 120 valence electrons. The van der Waals surface area contributed by atoms with Gasteiger partial charge in [0.2, 0.25) is 0 Å². The topological polar surface area (TPSA) is 57.9 Å². The molecular formula is C15H18F3N3O. The summed E-state index contributed by atoms with van der Waals surface area (Å²) in [4.78, 5) is 3.59. The Balaban J connectivity index is 2.28. The van der Waals surface area contributed by atoms with Gasteiger partial charge in [-0.15, -0.1) is 0 Å². The summed E-state index contributed by atoms with van der Waals surface area (Å²) in [5.41, 5.74) is -0.899. The van der Waals surface area contributed by atoms with Crippen LogP contribution in [0, 0.1) is 11.3 Å². The Morgan fingerprint density at radius 2 is 2.00 bits per heavy atom. The van der Waals surface area contributed by atoms with E-state index in [1.807, 2.05) is 6.07 Å². The van der Waals surface area contributed by atoms with E-state index in [2.05, 4.69) is 10.3 Å². The molecule has 1 aromatic rings. The van der Waals surface area contributed by atoms with Gasteiger partial charge in [-0.05, 0) is 25.0 Å². The first-order valence-electron chi connectivity index (χ1n) is 7.23. The first-order valence-corrected chi connectivity index (χ1v) is 7.23. The maximum absolute atomic E-state index is 12.8. The van der Waals surface area contributed by atoms with Gasteiger partial charge in [0.15, 0.2) is 0 Å². The molecule has 1 N–H and O–H groups in total. The molecule has 2 atom stereocenters. The van der Waals surface area contributed by atoms with Gasteiger partial charge in [-0.1, -0.05) is 19.3 Å². The number of halogens is 3. The highest BCUT2D eigenvalue weighted by Gasteiger charge is 2.33. The van der Waals surface area contributed by atoms with E-state index in [0.717, 1.165) is 44.2 Å². The van der Waals surface area contributed by atoms with Crippen molar-refractivity contribution in [2.45, 2.75) is 50.4 Å². The lowest BCUT2D eigenvalue weighted by molar-refractivity contribution is -0.141. The molecule has 1 heterocycles. The van der Waals surface area contributed by atoms with Crippen LogP contribution in [0.15, 0.2) is 12.1 Å². The van der Waals surface area contributed by atoms with E-state index >= 15 is 0 Å². The molecule has 0 aliphatic heterocycles. The third-order valence-corrected chi connectivity index (χ3v) is 3.88. The summed E-state index contributed by atoms with van der Waals surface area (Å²) in [5, 5.41) is 12.1. The number of pyridine rings is 1. The van der Waals surface area contributed by atoms with Crippen molar-refractivity contribution in [2.24, 2.45) is 0 Å². The number of nitrogens with zero attached hydrogens (tertiary/aromatic N) is 2. The standard InChI is InChI=1S/C15H18F3N3O/c1-22-12-6-4-2-3-5-11(12)20-14-10(9-19)7-8-13(21-14)15(16,17)18/h7-8,11-12H,2-6H2,1H3,(H,20,21)/t11-,12-/m1/s1. The molecule has 1 saturated carbocycles. The SMILES string of the molecule is CO[C@@H]1CCCCC[C@H]1Nc1nc(C(F)(F)F)ccc1C#N. The molecule has 22 heavy (non-hydrogen) atoms. The van der Waals surface area contributed by atoms with E-state index in [4.69, 9.17) is 10.00 Å². The quantitative estimate of drug-likeness (QED) is 0.864. The van der Waals surface area contributed by atoms with Gasteiger partial charge in [0, 0.05) is 7.11 Å². The Labute approximate surface area is 127 Å². The molecule has 1 aliphatic carbocycles. The first kappa shape index (κ1) is 16.6. The number of alkyl halides is 3. The summed E-state index contributed by atoms with van der Waals surface area (Å²) in [6.45, 7) is 0. The molecule has 0 amide bonds. The van der Waals surface area contributed by atoms with Gasteiger partial charge in [-0.25, -0.2) is 4.98 Å². The third kappa shape index (κ3) is 3.89. The maximum atomic E-state index is 12.8. The summed E-state index contributed by atoms with van der Waals surface area (Å²) in [5.74, 6) is -0.0220. The summed E-state index contributed by atoms with van der Waals surface area (Å²) >= 11 is 0. The van der Waals surface area contributed by atoms with Gasteiger partial charge in [0.05, 0.1) is 17.7 Å². The van der Waals surface area contributed by atoms with Crippen molar-refractivity contribution in [3.8, 4) is 6.07 Å². The molecule has 2 rings (SSSR count). The Bertz CT molecular complexity index is 554. The second-order valence-corrected chi connectivity index (χ2v) is 5.37. The highest BCUT2D eigenvalue weighted by Crippen LogP contribution is 2.30. The highest BCUT2D eigenvalue weighted by atomic mass is 19.4. The average molecular weight is 313 g/mol. The predicted octanol–water partition coefficient (Wildman–Crippen LogP) is 3.73. The number of anilines is 1. The van der Waals surface area contributed by atoms with Crippen LogP contribution in [0.3, 0.4) is 0 Å². The molecule has 0 spiro atoms.